The van der Waals surface area contributed by atoms with Crippen LogP contribution in [-0.4, -0.2) is 33.2 Å². The van der Waals surface area contributed by atoms with E-state index in [-0.39, 0.29) is 11.9 Å². The van der Waals surface area contributed by atoms with Gasteiger partial charge in [0.2, 0.25) is 0 Å². The molecule has 0 N–H and O–H groups in total. The van der Waals surface area contributed by atoms with Gasteiger partial charge in [0.25, 0.3) is 5.91 Å². The molecule has 1 aliphatic rings. The topological polar surface area (TPSA) is 51.3 Å². The molecule has 2 aromatic rings. The smallest absolute Gasteiger partial charge is 0.257 e. The summed E-state index contributed by atoms with van der Waals surface area (Å²) in [6.07, 6.45) is 8.56. The molecule has 0 bridgehead atoms. The normalized spacial score (nSPS) is 19.2. The highest BCUT2D eigenvalue weighted by molar-refractivity contribution is 5.95. The van der Waals surface area contributed by atoms with Gasteiger partial charge in [-0.25, -0.2) is 0 Å². The highest BCUT2D eigenvalue weighted by atomic mass is 16.3. The van der Waals surface area contributed by atoms with Crippen molar-refractivity contribution in [3.63, 3.8) is 0 Å². The Bertz CT molecular complexity index is 574. The zero-order valence-corrected chi connectivity index (χ0v) is 11.7. The minimum atomic E-state index is 0.0770. The molecular formula is C15H19N3O2. The van der Waals surface area contributed by atoms with Gasteiger partial charge in [-0.1, -0.05) is 0 Å². The standard InChI is InChI=1S/C15H19N3O2/c1-12-14(6-10-20-12)15(19)18-9-3-2-5-13(18)11-17-8-4-7-16-17/h4,6-8,10,13H,2-3,5,9,11H2,1H3. The van der Waals surface area contributed by atoms with Crippen molar-refractivity contribution < 1.29 is 9.21 Å². The van der Waals surface area contributed by atoms with Crippen LogP contribution in [0.5, 0.6) is 0 Å². The second-order valence-electron chi connectivity index (χ2n) is 5.27. The molecule has 1 atom stereocenters. The maximum absolute atomic E-state index is 12.7. The maximum Gasteiger partial charge on any atom is 0.257 e. The first-order chi connectivity index (χ1) is 9.75. The second-order valence-corrected chi connectivity index (χ2v) is 5.27. The Morgan fingerprint density at radius 3 is 3.10 bits per heavy atom. The molecule has 0 aromatic carbocycles. The van der Waals surface area contributed by atoms with Crippen molar-refractivity contribution in [3.05, 3.63) is 42.1 Å². The van der Waals surface area contributed by atoms with Crippen molar-refractivity contribution in [2.75, 3.05) is 6.54 Å². The van der Waals surface area contributed by atoms with Gasteiger partial charge in [0.1, 0.15) is 5.76 Å². The monoisotopic (exact) mass is 273 g/mol. The SMILES string of the molecule is Cc1occc1C(=O)N1CCCCC1Cn1cccn1. The molecule has 5 nitrogen and oxygen atoms in total. The van der Waals surface area contributed by atoms with Gasteiger partial charge in [-0.05, 0) is 38.3 Å². The molecule has 5 heteroatoms. The van der Waals surface area contributed by atoms with Crippen LogP contribution in [0.15, 0.2) is 35.2 Å². The van der Waals surface area contributed by atoms with E-state index in [4.69, 9.17) is 4.42 Å². The van der Waals surface area contributed by atoms with Crippen LogP contribution in [0.25, 0.3) is 0 Å². The Balaban J connectivity index is 1.78. The number of amides is 1. The van der Waals surface area contributed by atoms with Gasteiger partial charge in [-0.2, -0.15) is 5.10 Å². The highest BCUT2D eigenvalue weighted by Crippen LogP contribution is 2.22. The van der Waals surface area contributed by atoms with E-state index in [9.17, 15) is 4.79 Å². The van der Waals surface area contributed by atoms with Gasteiger partial charge in [0.15, 0.2) is 0 Å². The van der Waals surface area contributed by atoms with Crippen molar-refractivity contribution >= 4 is 5.91 Å². The van der Waals surface area contributed by atoms with E-state index < -0.39 is 0 Å². The van der Waals surface area contributed by atoms with E-state index in [2.05, 4.69) is 5.10 Å². The number of likely N-dealkylation sites (tertiary alicyclic amines) is 1. The Kier molecular flexibility index (Phi) is 3.58. The summed E-state index contributed by atoms with van der Waals surface area (Å²) >= 11 is 0. The summed E-state index contributed by atoms with van der Waals surface area (Å²) in [6, 6.07) is 3.89. The Labute approximate surface area is 118 Å². The van der Waals surface area contributed by atoms with Gasteiger partial charge in [0, 0.05) is 18.9 Å². The molecule has 1 amide bonds. The minimum Gasteiger partial charge on any atom is -0.469 e. The highest BCUT2D eigenvalue weighted by Gasteiger charge is 2.29. The molecule has 20 heavy (non-hydrogen) atoms. The first kappa shape index (κ1) is 13.0. The fourth-order valence-corrected chi connectivity index (χ4v) is 2.84. The van der Waals surface area contributed by atoms with E-state index in [0.29, 0.717) is 11.3 Å². The molecule has 3 rings (SSSR count). The number of carbonyl (C=O) groups excluding carboxylic acids is 1. The fraction of sp³-hybridized carbons (Fsp3) is 0.467. The van der Waals surface area contributed by atoms with E-state index in [1.165, 1.54) is 6.42 Å². The molecule has 1 saturated heterocycles. The molecule has 3 heterocycles. The Hall–Kier alpha value is -2.04. The van der Waals surface area contributed by atoms with Crippen LogP contribution in [0.2, 0.25) is 0 Å². The first-order valence-corrected chi connectivity index (χ1v) is 7.08. The molecule has 1 fully saturated rings. The van der Waals surface area contributed by atoms with Crippen LogP contribution >= 0.6 is 0 Å². The second kappa shape index (κ2) is 5.53. The van der Waals surface area contributed by atoms with Crippen LogP contribution in [0.1, 0.15) is 35.4 Å². The number of aromatic nitrogens is 2. The van der Waals surface area contributed by atoms with Crippen LogP contribution < -0.4 is 0 Å². The van der Waals surface area contributed by atoms with Crippen LogP contribution in [0.3, 0.4) is 0 Å². The van der Waals surface area contributed by atoms with Crippen molar-refractivity contribution in [1.29, 1.82) is 0 Å². The molecule has 1 unspecified atom stereocenters. The Morgan fingerprint density at radius 1 is 1.50 bits per heavy atom. The number of nitrogens with zero attached hydrogens (tertiary/aromatic N) is 3. The number of rotatable bonds is 3. The summed E-state index contributed by atoms with van der Waals surface area (Å²) in [4.78, 5) is 14.6. The van der Waals surface area contributed by atoms with E-state index in [0.717, 1.165) is 25.9 Å². The lowest BCUT2D eigenvalue weighted by Gasteiger charge is -2.35. The molecule has 0 saturated carbocycles. The third-order valence-corrected chi connectivity index (χ3v) is 3.93. The predicted molar refractivity (Wildman–Crippen MR) is 74.3 cm³/mol. The van der Waals surface area contributed by atoms with Crippen molar-refractivity contribution in [3.8, 4) is 0 Å². The fourth-order valence-electron chi connectivity index (χ4n) is 2.84. The molecule has 1 aliphatic heterocycles. The third-order valence-electron chi connectivity index (χ3n) is 3.93. The predicted octanol–water partition coefficient (Wildman–Crippen LogP) is 2.48. The summed E-state index contributed by atoms with van der Waals surface area (Å²) in [6.45, 7) is 3.41. The minimum absolute atomic E-state index is 0.0770. The molecule has 2 aromatic heterocycles. The van der Waals surface area contributed by atoms with E-state index in [1.54, 1.807) is 18.5 Å². The quantitative estimate of drug-likeness (QED) is 0.863. The Morgan fingerprint density at radius 2 is 2.40 bits per heavy atom. The molecule has 0 spiro atoms. The van der Waals surface area contributed by atoms with Crippen LogP contribution in [0, 0.1) is 6.92 Å². The van der Waals surface area contributed by atoms with E-state index in [1.807, 2.05) is 28.8 Å². The number of piperidine rings is 1. The number of carbonyl (C=O) groups is 1. The summed E-state index contributed by atoms with van der Waals surface area (Å²) < 4.78 is 7.15. The lowest BCUT2D eigenvalue weighted by Crippen LogP contribution is -2.46. The number of hydrogen-bond donors (Lipinski definition) is 0. The lowest BCUT2D eigenvalue weighted by molar-refractivity contribution is 0.0582. The zero-order chi connectivity index (χ0) is 13.9. The maximum atomic E-state index is 12.7. The summed E-state index contributed by atoms with van der Waals surface area (Å²) in [5.74, 6) is 0.770. The molecular weight excluding hydrogens is 254 g/mol. The molecule has 0 aliphatic carbocycles. The number of hydrogen-bond acceptors (Lipinski definition) is 3. The van der Waals surface area contributed by atoms with Crippen molar-refractivity contribution in [2.24, 2.45) is 0 Å². The largest absolute Gasteiger partial charge is 0.469 e. The average Bonchev–Trinajstić information content (AvgIpc) is 3.10. The molecule has 0 radical (unpaired) electrons. The molecule has 106 valence electrons. The number of aryl methyl sites for hydroxylation is 1. The van der Waals surface area contributed by atoms with Crippen LogP contribution in [0.4, 0.5) is 0 Å². The van der Waals surface area contributed by atoms with Crippen molar-refractivity contribution in [1.82, 2.24) is 14.7 Å². The van der Waals surface area contributed by atoms with Gasteiger partial charge in [-0.15, -0.1) is 0 Å². The average molecular weight is 273 g/mol. The summed E-state index contributed by atoms with van der Waals surface area (Å²) in [5, 5.41) is 4.24. The first-order valence-electron chi connectivity index (χ1n) is 7.08. The van der Waals surface area contributed by atoms with Gasteiger partial charge in [0.05, 0.1) is 24.4 Å². The third kappa shape index (κ3) is 2.48. The van der Waals surface area contributed by atoms with Crippen LogP contribution in [-0.2, 0) is 6.54 Å². The van der Waals surface area contributed by atoms with Gasteiger partial charge < -0.3 is 9.32 Å². The summed E-state index contributed by atoms with van der Waals surface area (Å²) in [7, 11) is 0. The summed E-state index contributed by atoms with van der Waals surface area (Å²) in [5.41, 5.74) is 0.678. The van der Waals surface area contributed by atoms with Crippen molar-refractivity contribution in [2.45, 2.75) is 38.8 Å². The lowest BCUT2D eigenvalue weighted by atomic mass is 10.0. The van der Waals surface area contributed by atoms with E-state index >= 15 is 0 Å². The number of furan rings is 1. The van der Waals surface area contributed by atoms with Gasteiger partial charge in [-0.3, -0.25) is 9.48 Å². The van der Waals surface area contributed by atoms with Gasteiger partial charge >= 0.3 is 0 Å². The zero-order valence-electron chi connectivity index (χ0n) is 11.7.